The number of aromatic hydroxyl groups is 1. The minimum atomic E-state index is -1.89. The van der Waals surface area contributed by atoms with Gasteiger partial charge in [0.2, 0.25) is 12.6 Å². The third-order valence-electron chi connectivity index (χ3n) is 8.45. The predicted molar refractivity (Wildman–Crippen MR) is 157 cm³/mol. The molecule has 2 aromatic carbocycles. The molecule has 0 radical (unpaired) electrons. The number of carboxylic acids is 2. The second-order valence-corrected chi connectivity index (χ2v) is 11.9. The van der Waals surface area contributed by atoms with Crippen molar-refractivity contribution >= 4 is 11.9 Å². The van der Waals surface area contributed by atoms with Gasteiger partial charge in [0.15, 0.2) is 35.2 Å². The topological polar surface area (TPSA) is 262 Å². The number of hydrogen-bond acceptors (Lipinski definition) is 14. The molecule has 16 nitrogen and oxygen atoms in total. The van der Waals surface area contributed by atoms with Gasteiger partial charge in [0.25, 0.3) is 0 Å². The Morgan fingerprint density at radius 2 is 1.09 bits per heavy atom. The molecule has 0 saturated carbocycles. The van der Waals surface area contributed by atoms with Crippen LogP contribution in [-0.2, 0) is 31.9 Å². The van der Waals surface area contributed by atoms with Crippen LogP contribution in [0, 0.1) is 11.8 Å². The van der Waals surface area contributed by atoms with Crippen LogP contribution in [0.5, 0.6) is 23.0 Å². The van der Waals surface area contributed by atoms with Crippen LogP contribution in [0.4, 0.5) is 0 Å². The Kier molecular flexibility index (Phi) is 11.5. The monoisotopic (exact) mass is 668 g/mol. The predicted octanol–water partition coefficient (Wildman–Crippen LogP) is -1.000. The highest BCUT2D eigenvalue weighted by atomic mass is 16.7. The largest absolute Gasteiger partial charge is 0.504 e. The van der Waals surface area contributed by atoms with E-state index in [-0.39, 0.29) is 34.8 Å². The Hall–Kier alpha value is -3.74. The van der Waals surface area contributed by atoms with Crippen molar-refractivity contribution in [2.24, 2.45) is 11.8 Å². The molecule has 2 saturated heterocycles. The average molecular weight is 669 g/mol. The number of aliphatic hydroxyl groups excluding tert-OH is 6. The number of aliphatic carboxylic acids is 2. The second kappa shape index (κ2) is 15.0. The molecular formula is C31H40O16. The summed E-state index contributed by atoms with van der Waals surface area (Å²) in [6.45, 7) is 3.99. The molecule has 2 fully saturated rings. The lowest BCUT2D eigenvalue weighted by Crippen LogP contribution is -2.61. The van der Waals surface area contributed by atoms with Gasteiger partial charge in [-0.25, -0.2) is 9.59 Å². The van der Waals surface area contributed by atoms with Gasteiger partial charge in [-0.3, -0.25) is 0 Å². The van der Waals surface area contributed by atoms with Crippen LogP contribution < -0.4 is 14.2 Å². The normalized spacial score (nSPS) is 32.2. The zero-order valence-electron chi connectivity index (χ0n) is 25.7. The molecule has 0 aliphatic carbocycles. The smallest absolute Gasteiger partial charge is 0.335 e. The minimum Gasteiger partial charge on any atom is -0.504 e. The minimum absolute atomic E-state index is 0.0280. The third kappa shape index (κ3) is 8.05. The SMILES string of the molecule is COc1ccc(C[C@H](C)[C@H](C)Cc2ccc(O)c(O[C@@H]3O[C@H](C(=O)O)[C@@H](O)[C@H](O)[C@H]3O)c2)cc1O[C@@H]1O[C@H](C(=O)O)[C@@H](O)[C@H](O)[C@H]1O. The van der Waals surface area contributed by atoms with Gasteiger partial charge < -0.3 is 69.6 Å². The van der Waals surface area contributed by atoms with Gasteiger partial charge in [0, 0.05) is 0 Å². The Morgan fingerprint density at radius 3 is 1.53 bits per heavy atom. The molecule has 2 aliphatic rings. The van der Waals surface area contributed by atoms with Crippen LogP contribution in [0.1, 0.15) is 25.0 Å². The fraction of sp³-hybridized carbons (Fsp3) is 0.548. The Morgan fingerprint density at radius 1 is 0.660 bits per heavy atom. The summed E-state index contributed by atoms with van der Waals surface area (Å²) < 4.78 is 27.0. The summed E-state index contributed by atoms with van der Waals surface area (Å²) in [6, 6.07) is 9.55. The number of hydrogen-bond donors (Lipinski definition) is 9. The molecule has 47 heavy (non-hydrogen) atoms. The van der Waals surface area contributed by atoms with Crippen molar-refractivity contribution in [2.45, 2.75) is 88.1 Å². The molecule has 16 heteroatoms. The van der Waals surface area contributed by atoms with E-state index < -0.39 is 73.4 Å². The molecule has 2 heterocycles. The lowest BCUT2D eigenvalue weighted by molar-refractivity contribution is -0.271. The fourth-order valence-electron chi connectivity index (χ4n) is 5.42. The highest BCUT2D eigenvalue weighted by Crippen LogP contribution is 2.35. The van der Waals surface area contributed by atoms with Gasteiger partial charge in [-0.2, -0.15) is 0 Å². The van der Waals surface area contributed by atoms with Crippen molar-refractivity contribution in [3.63, 3.8) is 0 Å². The number of benzene rings is 2. The van der Waals surface area contributed by atoms with E-state index in [1.54, 1.807) is 24.3 Å². The quantitative estimate of drug-likeness (QED) is 0.131. The van der Waals surface area contributed by atoms with Crippen molar-refractivity contribution in [3.05, 3.63) is 47.5 Å². The zero-order valence-corrected chi connectivity index (χ0v) is 25.7. The number of phenols is 1. The van der Waals surface area contributed by atoms with Crippen molar-refractivity contribution in [2.75, 3.05) is 7.11 Å². The van der Waals surface area contributed by atoms with Crippen molar-refractivity contribution in [1.29, 1.82) is 0 Å². The summed E-state index contributed by atoms with van der Waals surface area (Å²) in [7, 11) is 1.38. The Labute approximate surface area is 268 Å². The van der Waals surface area contributed by atoms with E-state index in [0.717, 1.165) is 5.56 Å². The summed E-state index contributed by atoms with van der Waals surface area (Å²) in [4.78, 5) is 22.9. The number of rotatable bonds is 12. The number of ether oxygens (including phenoxy) is 5. The third-order valence-corrected chi connectivity index (χ3v) is 8.45. The fourth-order valence-corrected chi connectivity index (χ4v) is 5.42. The lowest BCUT2D eigenvalue weighted by atomic mass is 9.85. The summed E-state index contributed by atoms with van der Waals surface area (Å²) in [5, 5.41) is 89.7. The molecule has 4 rings (SSSR count). The first-order valence-corrected chi connectivity index (χ1v) is 14.8. The van der Waals surface area contributed by atoms with Crippen LogP contribution in [0.15, 0.2) is 36.4 Å². The average Bonchev–Trinajstić information content (AvgIpc) is 3.02. The van der Waals surface area contributed by atoms with Gasteiger partial charge in [-0.1, -0.05) is 26.0 Å². The second-order valence-electron chi connectivity index (χ2n) is 11.9. The summed E-state index contributed by atoms with van der Waals surface area (Å²) in [6.07, 6.45) is -17.0. The molecule has 9 N–H and O–H groups in total. The van der Waals surface area contributed by atoms with E-state index in [1.165, 1.54) is 19.2 Å². The molecule has 2 aliphatic heterocycles. The molecule has 0 unspecified atom stereocenters. The number of carbonyl (C=O) groups is 2. The van der Waals surface area contributed by atoms with E-state index in [4.69, 9.17) is 23.7 Å². The van der Waals surface area contributed by atoms with Gasteiger partial charge >= 0.3 is 11.9 Å². The van der Waals surface area contributed by atoms with Crippen LogP contribution in [-0.4, -0.2) is 126 Å². The number of carboxylic acid groups (broad SMARTS) is 2. The molecule has 0 bridgehead atoms. The Bertz CT molecular complexity index is 1400. The number of phenolic OH excluding ortho intramolecular Hbond substituents is 1. The van der Waals surface area contributed by atoms with E-state index in [1.807, 2.05) is 13.8 Å². The maximum Gasteiger partial charge on any atom is 0.335 e. The van der Waals surface area contributed by atoms with E-state index >= 15 is 0 Å². The van der Waals surface area contributed by atoms with Crippen LogP contribution in [0.25, 0.3) is 0 Å². The standard InChI is InChI=1S/C31H40O16/c1-12(8-14-4-6-16(32)18(10-14)44-30-24(37)20(33)22(35)26(46-30)28(39)40)13(2)9-15-5-7-17(43-3)19(11-15)45-31-25(38)21(34)23(36)27(47-31)29(41)42/h4-7,10-13,20-27,30-38H,8-9H2,1-3H3,(H,39,40)(H,41,42)/t12-,13+,20+,21+,22+,23+,24-,25-,26+,27+,30-,31-/m1/s1. The van der Waals surface area contributed by atoms with Crippen LogP contribution in [0.3, 0.4) is 0 Å². The van der Waals surface area contributed by atoms with E-state index in [0.29, 0.717) is 18.4 Å². The maximum absolute atomic E-state index is 11.5. The maximum atomic E-state index is 11.5. The van der Waals surface area contributed by atoms with Crippen LogP contribution in [0.2, 0.25) is 0 Å². The summed E-state index contributed by atoms with van der Waals surface area (Å²) in [5.74, 6) is -3.15. The molecule has 0 aromatic heterocycles. The van der Waals surface area contributed by atoms with Crippen LogP contribution >= 0.6 is 0 Å². The first-order valence-electron chi connectivity index (χ1n) is 14.8. The van der Waals surface area contributed by atoms with E-state index in [2.05, 4.69) is 0 Å². The van der Waals surface area contributed by atoms with Crippen molar-refractivity contribution < 1.29 is 79.2 Å². The van der Waals surface area contributed by atoms with E-state index in [9.17, 15) is 55.5 Å². The first-order chi connectivity index (χ1) is 22.1. The molecular weight excluding hydrogens is 628 g/mol. The molecule has 0 amide bonds. The summed E-state index contributed by atoms with van der Waals surface area (Å²) >= 11 is 0. The Balaban J connectivity index is 1.43. The molecule has 260 valence electrons. The van der Waals surface area contributed by atoms with Gasteiger partial charge in [0.05, 0.1) is 7.11 Å². The van der Waals surface area contributed by atoms with Gasteiger partial charge in [0.1, 0.15) is 36.6 Å². The number of aliphatic hydroxyl groups is 6. The van der Waals surface area contributed by atoms with Crippen molar-refractivity contribution in [3.8, 4) is 23.0 Å². The first kappa shape index (κ1) is 36.1. The molecule has 2 aromatic rings. The molecule has 12 atom stereocenters. The van der Waals surface area contributed by atoms with Crippen molar-refractivity contribution in [1.82, 2.24) is 0 Å². The molecule has 0 spiro atoms. The zero-order chi connectivity index (χ0) is 34.7. The summed E-state index contributed by atoms with van der Waals surface area (Å²) in [5.41, 5.74) is 1.50. The van der Waals surface area contributed by atoms with Gasteiger partial charge in [-0.15, -0.1) is 0 Å². The lowest BCUT2D eigenvalue weighted by Gasteiger charge is -2.38. The van der Waals surface area contributed by atoms with Gasteiger partial charge in [-0.05, 0) is 60.1 Å². The highest BCUT2D eigenvalue weighted by Gasteiger charge is 2.49. The number of methoxy groups -OCH3 is 1. The highest BCUT2D eigenvalue weighted by molar-refractivity contribution is 5.74.